The first-order valence-electron chi connectivity index (χ1n) is 7.22. The molecule has 0 aliphatic carbocycles. The average molecular weight is 302 g/mol. The van der Waals surface area contributed by atoms with Crippen LogP contribution in [0.15, 0.2) is 30.3 Å². The third kappa shape index (κ3) is 3.64. The van der Waals surface area contributed by atoms with Gasteiger partial charge in [0.15, 0.2) is 0 Å². The minimum atomic E-state index is 0.0984. The summed E-state index contributed by atoms with van der Waals surface area (Å²) >= 11 is 1.57. The Balaban J connectivity index is 2.22. The summed E-state index contributed by atoms with van der Waals surface area (Å²) in [7, 11) is 0. The molecule has 2 rings (SSSR count). The Hall–Kier alpha value is -1.81. The van der Waals surface area contributed by atoms with Crippen LogP contribution in [0.25, 0.3) is 0 Å². The summed E-state index contributed by atoms with van der Waals surface area (Å²) < 4.78 is 0. The van der Waals surface area contributed by atoms with E-state index < -0.39 is 0 Å². The number of para-hydroxylation sites is 1. The van der Waals surface area contributed by atoms with Crippen LogP contribution in [0, 0.1) is 13.8 Å². The predicted octanol–water partition coefficient (Wildman–Crippen LogP) is 4.00. The van der Waals surface area contributed by atoms with Gasteiger partial charge >= 0.3 is 0 Å². The maximum Gasteiger partial charge on any atom is 0.264 e. The van der Waals surface area contributed by atoms with Crippen molar-refractivity contribution >= 4 is 22.9 Å². The standard InChI is InChI=1S/C17H22N2OS/c1-4-9-19(11-14-7-5-6-8-15(14)18)17(20)16-10-12(2)13(3)21-16/h5-8,10H,4,9,11,18H2,1-3H3. The summed E-state index contributed by atoms with van der Waals surface area (Å²) in [4.78, 5) is 16.6. The van der Waals surface area contributed by atoms with E-state index in [9.17, 15) is 4.79 Å². The summed E-state index contributed by atoms with van der Waals surface area (Å²) in [5, 5.41) is 0. The second-order valence-corrected chi connectivity index (χ2v) is 6.53. The second-order valence-electron chi connectivity index (χ2n) is 5.28. The first kappa shape index (κ1) is 15.6. The van der Waals surface area contributed by atoms with Crippen molar-refractivity contribution in [2.45, 2.75) is 33.7 Å². The molecule has 1 aromatic carbocycles. The molecule has 3 nitrogen and oxygen atoms in total. The highest BCUT2D eigenvalue weighted by Crippen LogP contribution is 2.23. The van der Waals surface area contributed by atoms with Crippen LogP contribution in [0.2, 0.25) is 0 Å². The Kier molecular flexibility index (Phi) is 5.02. The fraction of sp³-hybridized carbons (Fsp3) is 0.353. The van der Waals surface area contributed by atoms with Gasteiger partial charge in [-0.25, -0.2) is 0 Å². The number of hydrogen-bond acceptors (Lipinski definition) is 3. The molecule has 0 saturated carbocycles. The van der Waals surface area contributed by atoms with Gasteiger partial charge in [-0.2, -0.15) is 0 Å². The van der Waals surface area contributed by atoms with Crippen molar-refractivity contribution in [1.82, 2.24) is 4.90 Å². The molecule has 0 fully saturated rings. The van der Waals surface area contributed by atoms with E-state index in [2.05, 4.69) is 13.8 Å². The van der Waals surface area contributed by atoms with Gasteiger partial charge < -0.3 is 10.6 Å². The van der Waals surface area contributed by atoms with Gasteiger partial charge in [0, 0.05) is 23.7 Å². The zero-order valence-corrected chi connectivity index (χ0v) is 13.7. The number of nitrogen functional groups attached to an aromatic ring is 1. The number of carbonyl (C=O) groups excluding carboxylic acids is 1. The van der Waals surface area contributed by atoms with Crippen molar-refractivity contribution in [1.29, 1.82) is 0 Å². The van der Waals surface area contributed by atoms with Crippen LogP contribution in [0.3, 0.4) is 0 Å². The molecule has 1 amide bonds. The number of benzene rings is 1. The van der Waals surface area contributed by atoms with Crippen LogP contribution < -0.4 is 5.73 Å². The minimum absolute atomic E-state index is 0.0984. The van der Waals surface area contributed by atoms with E-state index in [0.29, 0.717) is 6.54 Å². The Bertz CT molecular complexity index is 614. The third-order valence-corrected chi connectivity index (χ3v) is 4.71. The topological polar surface area (TPSA) is 46.3 Å². The van der Waals surface area contributed by atoms with Gasteiger partial charge in [0.05, 0.1) is 4.88 Å². The van der Waals surface area contributed by atoms with Crippen molar-refractivity contribution in [2.24, 2.45) is 0 Å². The maximum atomic E-state index is 12.7. The van der Waals surface area contributed by atoms with Crippen LogP contribution in [-0.2, 0) is 6.54 Å². The molecule has 112 valence electrons. The monoisotopic (exact) mass is 302 g/mol. The van der Waals surface area contributed by atoms with Crippen LogP contribution >= 0.6 is 11.3 Å². The smallest absolute Gasteiger partial charge is 0.264 e. The summed E-state index contributed by atoms with van der Waals surface area (Å²) in [6.07, 6.45) is 0.932. The molecule has 1 aromatic heterocycles. The molecule has 0 spiro atoms. The Morgan fingerprint density at radius 1 is 1.29 bits per heavy atom. The molecule has 2 aromatic rings. The summed E-state index contributed by atoms with van der Waals surface area (Å²) in [6.45, 7) is 7.48. The van der Waals surface area contributed by atoms with E-state index in [1.807, 2.05) is 42.2 Å². The Labute approximate surface area is 130 Å². The molecule has 1 heterocycles. The van der Waals surface area contributed by atoms with E-state index in [1.54, 1.807) is 11.3 Å². The number of nitrogens with zero attached hydrogens (tertiary/aromatic N) is 1. The summed E-state index contributed by atoms with van der Waals surface area (Å²) in [5.41, 5.74) is 8.92. The van der Waals surface area contributed by atoms with E-state index in [0.717, 1.165) is 29.1 Å². The zero-order chi connectivity index (χ0) is 15.4. The molecule has 0 bridgehead atoms. The molecular formula is C17H22N2OS. The van der Waals surface area contributed by atoms with Gasteiger partial charge in [-0.15, -0.1) is 11.3 Å². The SMILES string of the molecule is CCCN(Cc1ccccc1N)C(=O)c1cc(C)c(C)s1. The Morgan fingerprint density at radius 3 is 2.57 bits per heavy atom. The van der Waals surface area contributed by atoms with Crippen LogP contribution in [0.1, 0.15) is 39.0 Å². The van der Waals surface area contributed by atoms with Crippen LogP contribution in [0.4, 0.5) is 5.69 Å². The fourth-order valence-corrected chi connectivity index (χ4v) is 3.24. The number of carbonyl (C=O) groups is 1. The van der Waals surface area contributed by atoms with E-state index in [4.69, 9.17) is 5.73 Å². The van der Waals surface area contributed by atoms with Gasteiger partial charge in [0.1, 0.15) is 0 Å². The summed E-state index contributed by atoms with van der Waals surface area (Å²) in [6, 6.07) is 9.72. The largest absolute Gasteiger partial charge is 0.398 e. The highest BCUT2D eigenvalue weighted by molar-refractivity contribution is 7.14. The highest BCUT2D eigenvalue weighted by Gasteiger charge is 2.18. The molecule has 21 heavy (non-hydrogen) atoms. The van der Waals surface area contributed by atoms with Crippen molar-refractivity contribution in [3.8, 4) is 0 Å². The molecular weight excluding hydrogens is 280 g/mol. The number of thiophene rings is 1. The molecule has 0 radical (unpaired) electrons. The normalized spacial score (nSPS) is 10.6. The lowest BCUT2D eigenvalue weighted by atomic mass is 10.1. The van der Waals surface area contributed by atoms with Gasteiger partial charge in [-0.05, 0) is 43.5 Å². The van der Waals surface area contributed by atoms with Crippen LogP contribution in [0.5, 0.6) is 0 Å². The molecule has 4 heteroatoms. The molecule has 0 atom stereocenters. The molecule has 0 saturated heterocycles. The predicted molar refractivity (Wildman–Crippen MR) is 89.7 cm³/mol. The van der Waals surface area contributed by atoms with Crippen molar-refractivity contribution < 1.29 is 4.79 Å². The van der Waals surface area contributed by atoms with E-state index in [-0.39, 0.29) is 5.91 Å². The second kappa shape index (κ2) is 6.76. The number of nitrogens with two attached hydrogens (primary N) is 1. The number of hydrogen-bond donors (Lipinski definition) is 1. The lowest BCUT2D eigenvalue weighted by molar-refractivity contribution is 0.0748. The quantitative estimate of drug-likeness (QED) is 0.849. The molecule has 0 unspecified atom stereocenters. The number of rotatable bonds is 5. The first-order valence-corrected chi connectivity index (χ1v) is 8.04. The van der Waals surface area contributed by atoms with Crippen molar-refractivity contribution in [3.63, 3.8) is 0 Å². The van der Waals surface area contributed by atoms with Gasteiger partial charge in [0.2, 0.25) is 0 Å². The fourth-order valence-electron chi connectivity index (χ4n) is 2.24. The first-order chi connectivity index (χ1) is 10.0. The van der Waals surface area contributed by atoms with Crippen LogP contribution in [-0.4, -0.2) is 17.4 Å². The number of anilines is 1. The third-order valence-electron chi connectivity index (χ3n) is 3.57. The molecule has 2 N–H and O–H groups in total. The maximum absolute atomic E-state index is 12.7. The molecule has 0 aliphatic rings. The van der Waals surface area contributed by atoms with Gasteiger partial charge in [-0.1, -0.05) is 25.1 Å². The van der Waals surface area contributed by atoms with Crippen molar-refractivity contribution in [2.75, 3.05) is 12.3 Å². The lowest BCUT2D eigenvalue weighted by Gasteiger charge is -2.22. The minimum Gasteiger partial charge on any atom is -0.398 e. The van der Waals surface area contributed by atoms with Crippen molar-refractivity contribution in [3.05, 3.63) is 51.2 Å². The number of amides is 1. The van der Waals surface area contributed by atoms with Gasteiger partial charge in [0.25, 0.3) is 5.91 Å². The van der Waals surface area contributed by atoms with Gasteiger partial charge in [-0.3, -0.25) is 4.79 Å². The zero-order valence-electron chi connectivity index (χ0n) is 12.8. The molecule has 0 aliphatic heterocycles. The lowest BCUT2D eigenvalue weighted by Crippen LogP contribution is -2.31. The van der Waals surface area contributed by atoms with E-state index >= 15 is 0 Å². The highest BCUT2D eigenvalue weighted by atomic mass is 32.1. The Morgan fingerprint density at radius 2 is 2.00 bits per heavy atom. The number of aryl methyl sites for hydroxylation is 2. The van der Waals surface area contributed by atoms with E-state index in [1.165, 1.54) is 10.4 Å². The average Bonchev–Trinajstić information content (AvgIpc) is 2.80. The summed E-state index contributed by atoms with van der Waals surface area (Å²) in [5.74, 6) is 0.0984.